The largest absolute Gasteiger partial charge is 0.372 e. The molecule has 100 valence electrons. The minimum absolute atomic E-state index is 0.402. The van der Waals surface area contributed by atoms with Crippen LogP contribution in [0, 0.1) is 5.92 Å². The minimum Gasteiger partial charge on any atom is -0.372 e. The molecule has 0 saturated carbocycles. The van der Waals surface area contributed by atoms with Crippen molar-refractivity contribution < 1.29 is 0 Å². The topological polar surface area (TPSA) is 28.5 Å². The standard InChI is InChI=1S/C15H18ClN3/c1-10(2)9-19(4)14-11-7-5-6-8-12(11)18-15(16)13(14)17-3/h5-8,10H,3,9H2,1-2,4H3. The summed E-state index contributed by atoms with van der Waals surface area (Å²) in [5.41, 5.74) is 2.54. The number of aliphatic imine (C=N–C) groups is 1. The number of halogens is 1. The van der Waals surface area contributed by atoms with Gasteiger partial charge in [0.15, 0.2) is 5.15 Å². The first kappa shape index (κ1) is 13.8. The second kappa shape index (κ2) is 5.57. The van der Waals surface area contributed by atoms with Crippen LogP contribution in [0.3, 0.4) is 0 Å². The van der Waals surface area contributed by atoms with Crippen molar-refractivity contribution in [2.45, 2.75) is 13.8 Å². The summed E-state index contributed by atoms with van der Waals surface area (Å²) in [5.74, 6) is 0.549. The Kier molecular flexibility index (Phi) is 4.05. The summed E-state index contributed by atoms with van der Waals surface area (Å²) in [4.78, 5) is 10.6. The summed E-state index contributed by atoms with van der Waals surface area (Å²) >= 11 is 6.22. The van der Waals surface area contributed by atoms with Crippen LogP contribution in [0.2, 0.25) is 5.15 Å². The monoisotopic (exact) mass is 275 g/mol. The average Bonchev–Trinajstić information content (AvgIpc) is 2.36. The van der Waals surface area contributed by atoms with E-state index in [1.807, 2.05) is 31.3 Å². The molecule has 0 aliphatic heterocycles. The fourth-order valence-electron chi connectivity index (χ4n) is 2.32. The fraction of sp³-hybridized carbons (Fsp3) is 0.333. The number of pyridine rings is 1. The Morgan fingerprint density at radius 3 is 2.68 bits per heavy atom. The maximum atomic E-state index is 6.22. The van der Waals surface area contributed by atoms with E-state index in [0.717, 1.165) is 23.1 Å². The molecule has 19 heavy (non-hydrogen) atoms. The Morgan fingerprint density at radius 1 is 1.37 bits per heavy atom. The van der Waals surface area contributed by atoms with E-state index in [-0.39, 0.29) is 0 Å². The Hall–Kier alpha value is -1.61. The van der Waals surface area contributed by atoms with Crippen molar-refractivity contribution in [3.8, 4) is 0 Å². The van der Waals surface area contributed by atoms with Crippen molar-refractivity contribution >= 4 is 40.6 Å². The van der Waals surface area contributed by atoms with Gasteiger partial charge in [-0.1, -0.05) is 43.6 Å². The number of hydrogen-bond acceptors (Lipinski definition) is 3. The lowest BCUT2D eigenvalue weighted by atomic mass is 10.1. The van der Waals surface area contributed by atoms with Gasteiger partial charge in [-0.2, -0.15) is 0 Å². The lowest BCUT2D eigenvalue weighted by Crippen LogP contribution is -2.23. The highest BCUT2D eigenvalue weighted by Crippen LogP contribution is 2.39. The summed E-state index contributed by atoms with van der Waals surface area (Å²) in [6.07, 6.45) is 0. The van der Waals surface area contributed by atoms with E-state index in [1.165, 1.54) is 0 Å². The van der Waals surface area contributed by atoms with Crippen LogP contribution in [0.25, 0.3) is 10.9 Å². The van der Waals surface area contributed by atoms with E-state index in [1.54, 1.807) is 0 Å². The highest BCUT2D eigenvalue weighted by atomic mass is 35.5. The Labute approximate surface area is 118 Å². The summed E-state index contributed by atoms with van der Waals surface area (Å²) in [6, 6.07) is 7.96. The number of aromatic nitrogens is 1. The summed E-state index contributed by atoms with van der Waals surface area (Å²) in [6.45, 7) is 8.91. The van der Waals surface area contributed by atoms with Crippen LogP contribution in [0.15, 0.2) is 29.3 Å². The summed E-state index contributed by atoms with van der Waals surface area (Å²) in [7, 11) is 2.05. The second-order valence-electron chi connectivity index (χ2n) is 5.05. The Morgan fingerprint density at radius 2 is 2.05 bits per heavy atom. The molecular weight excluding hydrogens is 258 g/mol. The molecule has 1 aromatic heterocycles. The van der Waals surface area contributed by atoms with Gasteiger partial charge in [-0.05, 0) is 18.7 Å². The van der Waals surface area contributed by atoms with Gasteiger partial charge < -0.3 is 4.90 Å². The first-order valence-electron chi connectivity index (χ1n) is 6.30. The molecule has 2 aromatic rings. The van der Waals surface area contributed by atoms with Crippen LogP contribution < -0.4 is 4.90 Å². The molecule has 0 saturated heterocycles. The molecule has 0 aliphatic carbocycles. The smallest absolute Gasteiger partial charge is 0.157 e. The number of rotatable bonds is 4. The second-order valence-corrected chi connectivity index (χ2v) is 5.41. The minimum atomic E-state index is 0.402. The molecule has 0 amide bonds. The quantitative estimate of drug-likeness (QED) is 0.614. The van der Waals surface area contributed by atoms with E-state index in [4.69, 9.17) is 11.6 Å². The highest BCUT2D eigenvalue weighted by molar-refractivity contribution is 6.33. The summed E-state index contributed by atoms with van der Waals surface area (Å²) in [5, 5.41) is 1.46. The maximum absolute atomic E-state index is 6.22. The Balaban J connectivity index is 2.70. The molecule has 3 nitrogen and oxygen atoms in total. The molecule has 1 heterocycles. The highest BCUT2D eigenvalue weighted by Gasteiger charge is 2.16. The van der Waals surface area contributed by atoms with Crippen molar-refractivity contribution in [3.05, 3.63) is 29.4 Å². The molecule has 0 bridgehead atoms. The third kappa shape index (κ3) is 2.71. The SMILES string of the molecule is C=Nc1c(Cl)nc2ccccc2c1N(C)CC(C)C. The van der Waals surface area contributed by atoms with E-state index >= 15 is 0 Å². The van der Waals surface area contributed by atoms with E-state index in [0.29, 0.717) is 16.8 Å². The van der Waals surface area contributed by atoms with E-state index in [2.05, 4.69) is 35.4 Å². The molecule has 0 aliphatic rings. The van der Waals surface area contributed by atoms with Gasteiger partial charge in [0, 0.05) is 19.0 Å². The third-order valence-corrected chi connectivity index (χ3v) is 3.24. The molecular formula is C15H18ClN3. The molecule has 0 unspecified atom stereocenters. The van der Waals surface area contributed by atoms with Crippen LogP contribution in [-0.4, -0.2) is 25.3 Å². The molecule has 0 radical (unpaired) electrons. The van der Waals surface area contributed by atoms with Gasteiger partial charge >= 0.3 is 0 Å². The number of benzene rings is 1. The van der Waals surface area contributed by atoms with Crippen molar-refractivity contribution in [1.82, 2.24) is 4.98 Å². The lowest BCUT2D eigenvalue weighted by molar-refractivity contribution is 0.639. The molecule has 0 atom stereocenters. The zero-order chi connectivity index (χ0) is 14.0. The number of fused-ring (bicyclic) bond motifs is 1. The first-order valence-corrected chi connectivity index (χ1v) is 6.68. The van der Waals surface area contributed by atoms with Crippen molar-refractivity contribution in [2.75, 3.05) is 18.5 Å². The van der Waals surface area contributed by atoms with Gasteiger partial charge in [0.05, 0.1) is 11.2 Å². The number of para-hydroxylation sites is 1. The normalized spacial score (nSPS) is 11.0. The van der Waals surface area contributed by atoms with Gasteiger partial charge in [0.25, 0.3) is 0 Å². The molecule has 0 fully saturated rings. The van der Waals surface area contributed by atoms with Crippen LogP contribution in [0.1, 0.15) is 13.8 Å². The van der Waals surface area contributed by atoms with Crippen molar-refractivity contribution in [3.63, 3.8) is 0 Å². The zero-order valence-electron chi connectivity index (χ0n) is 11.5. The fourth-order valence-corrected chi connectivity index (χ4v) is 2.56. The molecule has 2 rings (SSSR count). The van der Waals surface area contributed by atoms with E-state index < -0.39 is 0 Å². The van der Waals surface area contributed by atoms with Gasteiger partial charge in [-0.3, -0.25) is 4.99 Å². The molecule has 0 spiro atoms. The van der Waals surface area contributed by atoms with Gasteiger partial charge in [0.1, 0.15) is 5.69 Å². The predicted octanol–water partition coefficient (Wildman–Crippen LogP) is 4.31. The number of hydrogen-bond donors (Lipinski definition) is 0. The van der Waals surface area contributed by atoms with Gasteiger partial charge in [-0.25, -0.2) is 4.98 Å². The maximum Gasteiger partial charge on any atom is 0.157 e. The average molecular weight is 276 g/mol. The number of anilines is 1. The summed E-state index contributed by atoms with van der Waals surface area (Å²) < 4.78 is 0. The van der Waals surface area contributed by atoms with Crippen LogP contribution in [-0.2, 0) is 0 Å². The van der Waals surface area contributed by atoms with Crippen LogP contribution >= 0.6 is 11.6 Å². The molecule has 0 N–H and O–H groups in total. The van der Waals surface area contributed by atoms with Gasteiger partial charge in [-0.15, -0.1) is 0 Å². The van der Waals surface area contributed by atoms with E-state index in [9.17, 15) is 0 Å². The zero-order valence-corrected chi connectivity index (χ0v) is 12.3. The lowest BCUT2D eigenvalue weighted by Gasteiger charge is -2.24. The van der Waals surface area contributed by atoms with Crippen LogP contribution in [0.4, 0.5) is 11.4 Å². The van der Waals surface area contributed by atoms with Gasteiger partial charge in [0.2, 0.25) is 0 Å². The van der Waals surface area contributed by atoms with Crippen molar-refractivity contribution in [1.29, 1.82) is 0 Å². The molecule has 4 heteroatoms. The van der Waals surface area contributed by atoms with Crippen molar-refractivity contribution in [2.24, 2.45) is 10.9 Å². The van der Waals surface area contributed by atoms with Crippen LogP contribution in [0.5, 0.6) is 0 Å². The Bertz CT molecular complexity index is 608. The predicted molar refractivity (Wildman–Crippen MR) is 84.1 cm³/mol. The first-order chi connectivity index (χ1) is 9.04. The number of nitrogens with zero attached hydrogens (tertiary/aromatic N) is 3. The third-order valence-electron chi connectivity index (χ3n) is 2.98. The molecule has 1 aromatic carbocycles.